The number of carbonyl (C=O) groups is 1. The molecule has 1 heterocycles. The lowest BCUT2D eigenvalue weighted by Gasteiger charge is -2.14. The lowest BCUT2D eigenvalue weighted by Crippen LogP contribution is -2.31. The molecule has 1 saturated heterocycles. The van der Waals surface area contributed by atoms with Gasteiger partial charge in [0.1, 0.15) is 11.9 Å². The number of rotatable bonds is 4. The van der Waals surface area contributed by atoms with Gasteiger partial charge in [0.25, 0.3) is 0 Å². The fourth-order valence-electron chi connectivity index (χ4n) is 2.24. The summed E-state index contributed by atoms with van der Waals surface area (Å²) in [5.41, 5.74) is 0.826. The number of benzene rings is 1. The zero-order chi connectivity index (χ0) is 15.6. The van der Waals surface area contributed by atoms with E-state index in [0.29, 0.717) is 11.3 Å². The van der Waals surface area contributed by atoms with Gasteiger partial charge in [-0.05, 0) is 37.1 Å². The lowest BCUT2D eigenvalue weighted by molar-refractivity contribution is -0.142. The average molecular weight is 316 g/mol. The molecule has 0 amide bonds. The number of ether oxygens (including phenoxy) is 1. The van der Waals surface area contributed by atoms with Crippen molar-refractivity contribution in [1.29, 1.82) is 0 Å². The molecule has 0 spiro atoms. The monoisotopic (exact) mass is 316 g/mol. The van der Waals surface area contributed by atoms with Crippen LogP contribution in [0.3, 0.4) is 0 Å². The van der Waals surface area contributed by atoms with Gasteiger partial charge < -0.3 is 10.1 Å². The van der Waals surface area contributed by atoms with E-state index in [-0.39, 0.29) is 13.0 Å². The first-order valence-corrected chi connectivity index (χ1v) is 7.97. The van der Waals surface area contributed by atoms with Crippen LogP contribution in [0.5, 0.6) is 0 Å². The van der Waals surface area contributed by atoms with E-state index in [1.807, 2.05) is 0 Å². The molecule has 0 radical (unpaired) electrons. The third kappa shape index (κ3) is 3.51. The Bertz CT molecular complexity index is 648. The van der Waals surface area contributed by atoms with Gasteiger partial charge in [-0.25, -0.2) is 12.8 Å². The molecule has 6 nitrogen and oxygen atoms in total. The Morgan fingerprint density at radius 3 is 2.81 bits per heavy atom. The summed E-state index contributed by atoms with van der Waals surface area (Å²) in [6, 6.07) is 3.20. The summed E-state index contributed by atoms with van der Waals surface area (Å²) in [6.07, 6.45) is 0.141. The highest BCUT2D eigenvalue weighted by Gasteiger charge is 2.37. The number of methoxy groups -OCH3 is 1. The second kappa shape index (κ2) is 5.98. The SMILES string of the molecule is COC(=O)C1CC(S(=O)(=O)Nc2ccc(F)cc2C)CN1. The molecule has 2 rings (SSSR count). The van der Waals surface area contributed by atoms with E-state index in [0.717, 1.165) is 0 Å². The Kier molecular flexibility index (Phi) is 4.48. The largest absolute Gasteiger partial charge is 0.468 e. The van der Waals surface area contributed by atoms with Crippen molar-refractivity contribution in [1.82, 2.24) is 5.32 Å². The van der Waals surface area contributed by atoms with Crippen molar-refractivity contribution >= 4 is 21.7 Å². The second-order valence-electron chi connectivity index (χ2n) is 4.95. The van der Waals surface area contributed by atoms with Crippen LogP contribution in [0.15, 0.2) is 18.2 Å². The molecule has 2 N–H and O–H groups in total. The van der Waals surface area contributed by atoms with Crippen molar-refractivity contribution < 1.29 is 22.3 Å². The molecule has 1 fully saturated rings. The fourth-order valence-corrected chi connectivity index (χ4v) is 3.70. The van der Waals surface area contributed by atoms with Crippen LogP contribution in [0.1, 0.15) is 12.0 Å². The van der Waals surface area contributed by atoms with Gasteiger partial charge in [0.2, 0.25) is 10.0 Å². The van der Waals surface area contributed by atoms with Gasteiger partial charge >= 0.3 is 5.97 Å². The Morgan fingerprint density at radius 2 is 2.19 bits per heavy atom. The summed E-state index contributed by atoms with van der Waals surface area (Å²) in [4.78, 5) is 11.4. The van der Waals surface area contributed by atoms with Crippen LogP contribution in [0.4, 0.5) is 10.1 Å². The van der Waals surface area contributed by atoms with Crippen molar-refractivity contribution in [3.8, 4) is 0 Å². The van der Waals surface area contributed by atoms with Crippen LogP contribution in [-0.4, -0.2) is 39.3 Å². The van der Waals surface area contributed by atoms with E-state index >= 15 is 0 Å². The Hall–Kier alpha value is -1.67. The number of hydrogen-bond donors (Lipinski definition) is 2. The van der Waals surface area contributed by atoms with E-state index in [2.05, 4.69) is 14.8 Å². The van der Waals surface area contributed by atoms with Crippen LogP contribution in [0.2, 0.25) is 0 Å². The van der Waals surface area contributed by atoms with Crippen LogP contribution in [0.25, 0.3) is 0 Å². The maximum atomic E-state index is 13.0. The number of carbonyl (C=O) groups excluding carboxylic acids is 1. The van der Waals surface area contributed by atoms with Gasteiger partial charge in [0, 0.05) is 6.54 Å². The first kappa shape index (κ1) is 15.7. The number of esters is 1. The summed E-state index contributed by atoms with van der Waals surface area (Å²) in [5.74, 6) is -0.908. The van der Waals surface area contributed by atoms with Gasteiger partial charge in [-0.2, -0.15) is 0 Å². The average Bonchev–Trinajstić information content (AvgIpc) is 2.91. The van der Waals surface area contributed by atoms with Crippen molar-refractivity contribution in [3.63, 3.8) is 0 Å². The van der Waals surface area contributed by atoms with Crippen LogP contribution in [-0.2, 0) is 19.6 Å². The quantitative estimate of drug-likeness (QED) is 0.802. The first-order chi connectivity index (χ1) is 9.83. The number of nitrogens with one attached hydrogen (secondary N) is 2. The van der Waals surface area contributed by atoms with Gasteiger partial charge in [-0.15, -0.1) is 0 Å². The molecular formula is C13H17FN2O4S. The zero-order valence-electron chi connectivity index (χ0n) is 11.7. The minimum Gasteiger partial charge on any atom is -0.468 e. The highest BCUT2D eigenvalue weighted by molar-refractivity contribution is 7.93. The van der Waals surface area contributed by atoms with E-state index in [4.69, 9.17) is 0 Å². The van der Waals surface area contributed by atoms with Gasteiger partial charge in [0.05, 0.1) is 18.0 Å². The molecule has 0 bridgehead atoms. The Labute approximate surface area is 122 Å². The van der Waals surface area contributed by atoms with E-state index in [9.17, 15) is 17.6 Å². The van der Waals surface area contributed by atoms with E-state index in [1.165, 1.54) is 25.3 Å². The second-order valence-corrected chi connectivity index (χ2v) is 6.91. The van der Waals surface area contributed by atoms with Crippen LogP contribution < -0.4 is 10.0 Å². The minimum atomic E-state index is -3.67. The van der Waals surface area contributed by atoms with Crippen molar-refractivity contribution in [3.05, 3.63) is 29.6 Å². The van der Waals surface area contributed by atoms with Crippen LogP contribution in [0, 0.1) is 12.7 Å². The molecule has 2 atom stereocenters. The fraction of sp³-hybridized carbons (Fsp3) is 0.462. The third-order valence-corrected chi connectivity index (χ3v) is 5.20. The number of anilines is 1. The van der Waals surface area contributed by atoms with Gasteiger partial charge in [0.15, 0.2) is 0 Å². The standard InChI is InChI=1S/C13H17FN2O4S/c1-8-5-9(14)3-4-11(8)16-21(18,19)10-6-12(15-7-10)13(17)20-2/h3-5,10,12,15-16H,6-7H2,1-2H3. The molecule has 0 aliphatic carbocycles. The normalized spacial score (nSPS) is 22.0. The summed E-state index contributed by atoms with van der Waals surface area (Å²) in [7, 11) is -2.41. The summed E-state index contributed by atoms with van der Waals surface area (Å²) >= 11 is 0. The maximum absolute atomic E-state index is 13.0. The van der Waals surface area contributed by atoms with Crippen LogP contribution >= 0.6 is 0 Å². The van der Waals surface area contributed by atoms with Crippen molar-refractivity contribution in [2.24, 2.45) is 0 Å². The number of hydrogen-bond acceptors (Lipinski definition) is 5. The van der Waals surface area contributed by atoms with E-state index in [1.54, 1.807) is 6.92 Å². The topological polar surface area (TPSA) is 84.5 Å². The Morgan fingerprint density at radius 1 is 1.48 bits per heavy atom. The zero-order valence-corrected chi connectivity index (χ0v) is 12.5. The predicted octanol–water partition coefficient (Wildman–Crippen LogP) is 0.779. The molecule has 2 unspecified atom stereocenters. The molecule has 8 heteroatoms. The number of aryl methyl sites for hydroxylation is 1. The smallest absolute Gasteiger partial charge is 0.322 e. The molecule has 1 aliphatic rings. The highest BCUT2D eigenvalue weighted by atomic mass is 32.2. The van der Waals surface area contributed by atoms with Gasteiger partial charge in [-0.1, -0.05) is 0 Å². The third-order valence-electron chi connectivity index (χ3n) is 3.46. The molecule has 1 aromatic rings. The number of halogens is 1. The number of sulfonamides is 1. The highest BCUT2D eigenvalue weighted by Crippen LogP contribution is 2.22. The lowest BCUT2D eigenvalue weighted by atomic mass is 10.2. The molecule has 0 aromatic heterocycles. The summed E-state index contributed by atoms with van der Waals surface area (Å²) in [5, 5.41) is 2.07. The molecule has 21 heavy (non-hydrogen) atoms. The maximum Gasteiger partial charge on any atom is 0.322 e. The van der Waals surface area contributed by atoms with Crippen molar-refractivity contribution in [2.45, 2.75) is 24.6 Å². The minimum absolute atomic E-state index is 0.141. The van der Waals surface area contributed by atoms with Crippen molar-refractivity contribution in [2.75, 3.05) is 18.4 Å². The summed E-state index contributed by atoms with van der Waals surface area (Å²) < 4.78 is 44.7. The molecule has 0 saturated carbocycles. The molecule has 116 valence electrons. The first-order valence-electron chi connectivity index (χ1n) is 6.42. The van der Waals surface area contributed by atoms with Gasteiger partial charge in [-0.3, -0.25) is 9.52 Å². The summed E-state index contributed by atoms with van der Waals surface area (Å²) in [6.45, 7) is 1.78. The Balaban J connectivity index is 2.11. The molecule has 1 aromatic carbocycles. The predicted molar refractivity (Wildman–Crippen MR) is 75.9 cm³/mol. The molecule has 1 aliphatic heterocycles. The van der Waals surface area contributed by atoms with E-state index < -0.39 is 33.1 Å². The molecular weight excluding hydrogens is 299 g/mol.